The van der Waals surface area contributed by atoms with Crippen LogP contribution in [0.1, 0.15) is 21.6 Å². The second-order valence-corrected chi connectivity index (χ2v) is 6.86. The number of anilines is 1. The van der Waals surface area contributed by atoms with Crippen LogP contribution in [-0.4, -0.2) is 20.7 Å². The van der Waals surface area contributed by atoms with Gasteiger partial charge in [-0.25, -0.2) is 14.1 Å². The normalized spacial score (nSPS) is 11.0. The third kappa shape index (κ3) is 3.23. The van der Waals surface area contributed by atoms with Gasteiger partial charge in [-0.3, -0.25) is 4.79 Å². The fraction of sp³-hybridized carbons (Fsp3) is 0.0952. The number of nitrogens with zero attached hydrogens (tertiary/aromatic N) is 3. The Bertz CT molecular complexity index is 1200. The number of halogens is 2. The average molecular weight is 395 g/mol. The molecule has 2 aromatic carbocycles. The van der Waals surface area contributed by atoms with Crippen LogP contribution in [0.25, 0.3) is 16.7 Å². The summed E-state index contributed by atoms with van der Waals surface area (Å²) in [7, 11) is 0. The van der Waals surface area contributed by atoms with Gasteiger partial charge in [0.05, 0.1) is 27.4 Å². The van der Waals surface area contributed by atoms with Gasteiger partial charge >= 0.3 is 0 Å². The maximum Gasteiger partial charge on any atom is 0.258 e. The molecule has 28 heavy (non-hydrogen) atoms. The monoisotopic (exact) mass is 394 g/mol. The van der Waals surface area contributed by atoms with Gasteiger partial charge in [-0.15, -0.1) is 0 Å². The topological polar surface area (TPSA) is 59.8 Å². The zero-order valence-electron chi connectivity index (χ0n) is 15.2. The second kappa shape index (κ2) is 7.05. The van der Waals surface area contributed by atoms with E-state index in [1.165, 1.54) is 24.4 Å². The van der Waals surface area contributed by atoms with E-state index in [1.807, 2.05) is 38.1 Å². The Hall–Kier alpha value is -3.25. The predicted molar refractivity (Wildman–Crippen MR) is 108 cm³/mol. The van der Waals surface area contributed by atoms with Crippen LogP contribution >= 0.6 is 11.6 Å². The van der Waals surface area contributed by atoms with Gasteiger partial charge in [0.25, 0.3) is 5.91 Å². The van der Waals surface area contributed by atoms with Crippen molar-refractivity contribution in [1.29, 1.82) is 0 Å². The van der Waals surface area contributed by atoms with Crippen molar-refractivity contribution in [2.24, 2.45) is 0 Å². The number of carbonyl (C=O) groups excluding carboxylic acids is 1. The Balaban J connectivity index is 1.76. The number of rotatable bonds is 3. The summed E-state index contributed by atoms with van der Waals surface area (Å²) in [5.41, 5.74) is 3.75. The van der Waals surface area contributed by atoms with Crippen molar-refractivity contribution in [3.63, 3.8) is 0 Å². The number of amides is 1. The Morgan fingerprint density at radius 3 is 2.61 bits per heavy atom. The first-order valence-corrected chi connectivity index (χ1v) is 8.99. The molecule has 4 rings (SSSR count). The van der Waals surface area contributed by atoms with Crippen LogP contribution in [0.15, 0.2) is 54.7 Å². The molecule has 0 radical (unpaired) electrons. The highest BCUT2D eigenvalue weighted by Gasteiger charge is 2.20. The molecule has 0 aliphatic carbocycles. The molecule has 140 valence electrons. The van der Waals surface area contributed by atoms with Crippen molar-refractivity contribution in [2.45, 2.75) is 13.8 Å². The number of fused-ring (bicyclic) bond motifs is 1. The number of pyridine rings is 1. The number of benzene rings is 2. The van der Waals surface area contributed by atoms with Crippen molar-refractivity contribution < 1.29 is 9.18 Å². The van der Waals surface area contributed by atoms with Crippen molar-refractivity contribution >= 4 is 34.2 Å². The molecule has 0 aliphatic rings. The first-order chi connectivity index (χ1) is 13.4. The molecule has 0 aliphatic heterocycles. The summed E-state index contributed by atoms with van der Waals surface area (Å²) in [6.07, 6.45) is 1.41. The molecule has 2 heterocycles. The number of hydrogen-bond acceptors (Lipinski definition) is 3. The number of hydrogen-bond donors (Lipinski definition) is 1. The van der Waals surface area contributed by atoms with Gasteiger partial charge in [0, 0.05) is 11.9 Å². The van der Waals surface area contributed by atoms with E-state index in [9.17, 15) is 9.18 Å². The third-order valence-corrected chi connectivity index (χ3v) is 4.81. The minimum Gasteiger partial charge on any atom is -0.322 e. The molecule has 0 unspecified atom stereocenters. The van der Waals surface area contributed by atoms with E-state index in [4.69, 9.17) is 11.6 Å². The summed E-state index contributed by atoms with van der Waals surface area (Å²) in [6.45, 7) is 3.82. The van der Waals surface area contributed by atoms with Gasteiger partial charge in [-0.2, -0.15) is 5.10 Å². The first-order valence-electron chi connectivity index (χ1n) is 8.62. The summed E-state index contributed by atoms with van der Waals surface area (Å²) < 4.78 is 15.0. The number of aromatic nitrogens is 3. The van der Waals surface area contributed by atoms with E-state index < -0.39 is 11.7 Å². The highest BCUT2D eigenvalue weighted by Crippen LogP contribution is 2.30. The molecule has 0 fully saturated rings. The van der Waals surface area contributed by atoms with Gasteiger partial charge in [0.2, 0.25) is 0 Å². The molecule has 0 saturated carbocycles. The summed E-state index contributed by atoms with van der Waals surface area (Å²) in [5, 5.41) is 8.04. The van der Waals surface area contributed by atoms with Crippen LogP contribution in [0, 0.1) is 19.7 Å². The van der Waals surface area contributed by atoms with Gasteiger partial charge in [-0.05, 0) is 44.2 Å². The molecule has 0 saturated heterocycles. The van der Waals surface area contributed by atoms with Gasteiger partial charge in [0.15, 0.2) is 5.65 Å². The fourth-order valence-electron chi connectivity index (χ4n) is 3.00. The van der Waals surface area contributed by atoms with Crippen molar-refractivity contribution in [1.82, 2.24) is 14.8 Å². The largest absolute Gasteiger partial charge is 0.322 e. The molecule has 0 atom stereocenters. The lowest BCUT2D eigenvalue weighted by Gasteiger charge is -2.08. The molecule has 7 heteroatoms. The maximum atomic E-state index is 13.3. The van der Waals surface area contributed by atoms with E-state index >= 15 is 0 Å². The van der Waals surface area contributed by atoms with E-state index in [0.29, 0.717) is 22.4 Å². The summed E-state index contributed by atoms with van der Waals surface area (Å²) in [4.78, 5) is 17.1. The summed E-state index contributed by atoms with van der Waals surface area (Å²) >= 11 is 6.54. The van der Waals surface area contributed by atoms with E-state index in [0.717, 1.165) is 11.3 Å². The van der Waals surface area contributed by atoms with E-state index in [2.05, 4.69) is 15.4 Å². The van der Waals surface area contributed by atoms with Crippen molar-refractivity contribution in [3.05, 3.63) is 82.4 Å². The Morgan fingerprint density at radius 1 is 1.14 bits per heavy atom. The molecule has 1 amide bonds. The lowest BCUT2D eigenvalue weighted by atomic mass is 10.2. The number of aryl methyl sites for hydroxylation is 2. The summed E-state index contributed by atoms with van der Waals surface area (Å²) in [5.74, 6) is -0.903. The quantitative estimate of drug-likeness (QED) is 0.527. The average Bonchev–Trinajstić information content (AvgIpc) is 3.00. The first kappa shape index (κ1) is 18.1. The molecular formula is C21H16ClFN4O. The number of carbonyl (C=O) groups is 1. The molecule has 2 aromatic heterocycles. The van der Waals surface area contributed by atoms with Gasteiger partial charge < -0.3 is 5.32 Å². The lowest BCUT2D eigenvalue weighted by molar-refractivity contribution is 0.102. The van der Waals surface area contributed by atoms with E-state index in [1.54, 1.807) is 10.7 Å². The van der Waals surface area contributed by atoms with E-state index in [-0.39, 0.29) is 10.6 Å². The number of nitrogens with one attached hydrogen (secondary N) is 1. The summed E-state index contributed by atoms with van der Waals surface area (Å²) in [6, 6.07) is 13.5. The second-order valence-electron chi connectivity index (χ2n) is 6.48. The lowest BCUT2D eigenvalue weighted by Crippen LogP contribution is -2.13. The SMILES string of the molecule is Cc1ccc(-n2nc(C)c3c(Cl)c(C(=O)Nc4cccc(F)c4)cnc32)cc1. The minimum absolute atomic E-state index is 0.199. The van der Waals surface area contributed by atoms with Crippen LogP contribution in [0.5, 0.6) is 0 Å². The van der Waals surface area contributed by atoms with Crippen molar-refractivity contribution in [2.75, 3.05) is 5.32 Å². The fourth-order valence-corrected chi connectivity index (χ4v) is 3.35. The zero-order valence-corrected chi connectivity index (χ0v) is 16.0. The molecule has 4 aromatic rings. The molecular weight excluding hydrogens is 379 g/mol. The smallest absolute Gasteiger partial charge is 0.258 e. The van der Waals surface area contributed by atoms with Crippen LogP contribution in [0.3, 0.4) is 0 Å². The molecule has 0 spiro atoms. The van der Waals surface area contributed by atoms with Crippen molar-refractivity contribution in [3.8, 4) is 5.69 Å². The van der Waals surface area contributed by atoms with Gasteiger partial charge in [0.1, 0.15) is 5.82 Å². The highest BCUT2D eigenvalue weighted by atomic mass is 35.5. The Morgan fingerprint density at radius 2 is 1.89 bits per heavy atom. The Kier molecular flexibility index (Phi) is 4.57. The third-order valence-electron chi connectivity index (χ3n) is 4.41. The maximum absolute atomic E-state index is 13.3. The van der Waals surface area contributed by atoms with Crippen LogP contribution in [0.4, 0.5) is 10.1 Å². The molecule has 1 N–H and O–H groups in total. The van der Waals surface area contributed by atoms with Crippen LogP contribution in [0.2, 0.25) is 5.02 Å². The molecule has 0 bridgehead atoms. The highest BCUT2D eigenvalue weighted by molar-refractivity contribution is 6.39. The predicted octanol–water partition coefficient (Wildman–Crippen LogP) is 5.08. The van der Waals surface area contributed by atoms with Crippen LogP contribution < -0.4 is 5.32 Å². The Labute approximate surface area is 165 Å². The standard InChI is InChI=1S/C21H16ClFN4O/c1-12-6-8-16(9-7-12)27-20-18(13(2)26-27)19(22)17(11-24-20)21(28)25-15-5-3-4-14(23)10-15/h3-11H,1-2H3,(H,25,28). The minimum atomic E-state index is -0.465. The molecule has 5 nitrogen and oxygen atoms in total. The zero-order chi connectivity index (χ0) is 19.8. The van der Waals surface area contributed by atoms with Crippen LogP contribution in [-0.2, 0) is 0 Å². The van der Waals surface area contributed by atoms with Gasteiger partial charge in [-0.1, -0.05) is 35.4 Å².